The van der Waals surface area contributed by atoms with Crippen LogP contribution in [0.1, 0.15) is 62.2 Å². The molecule has 0 saturated carbocycles. The third-order valence-electron chi connectivity index (χ3n) is 4.46. The first-order chi connectivity index (χ1) is 13.9. The first kappa shape index (κ1) is 22.7. The summed E-state index contributed by atoms with van der Waals surface area (Å²) in [6, 6.07) is 12.1. The normalized spacial score (nSPS) is 11.2. The van der Waals surface area contributed by atoms with Crippen molar-refractivity contribution in [2.24, 2.45) is 0 Å². The Morgan fingerprint density at radius 2 is 1.48 bits per heavy atom. The number of phenolic OH excluding ortho intramolecular Hbond substituents is 1. The number of rotatable bonds is 12. The second-order valence-electron chi connectivity index (χ2n) is 6.99. The van der Waals surface area contributed by atoms with Crippen LogP contribution in [0.4, 0.5) is 5.69 Å². The number of anilines is 1. The molecule has 6 nitrogen and oxygen atoms in total. The van der Waals surface area contributed by atoms with Crippen molar-refractivity contribution in [2.45, 2.75) is 51.9 Å². The van der Waals surface area contributed by atoms with Gasteiger partial charge in [0, 0.05) is 11.3 Å². The van der Waals surface area contributed by atoms with Crippen molar-refractivity contribution in [2.75, 3.05) is 11.1 Å². The zero-order valence-corrected chi connectivity index (χ0v) is 17.6. The number of carbonyl (C=O) groups excluding carboxylic acids is 1. The number of benzene rings is 2. The van der Waals surface area contributed by atoms with Gasteiger partial charge in [-0.15, -0.1) is 0 Å². The SMILES string of the molecule is CCCCCCCCCS(=O)(=O)Oc1ccc(C(=O)Nc2ccc(O)cc2)cc1. The van der Waals surface area contributed by atoms with Crippen LogP contribution < -0.4 is 9.50 Å². The van der Waals surface area contributed by atoms with Crippen LogP contribution in [0.3, 0.4) is 0 Å². The Morgan fingerprint density at radius 1 is 0.897 bits per heavy atom. The van der Waals surface area contributed by atoms with Crippen LogP contribution >= 0.6 is 0 Å². The summed E-state index contributed by atoms with van der Waals surface area (Å²) in [5.74, 6) is -0.0475. The third kappa shape index (κ3) is 8.56. The molecule has 0 radical (unpaired) electrons. The van der Waals surface area contributed by atoms with E-state index in [1.54, 1.807) is 12.1 Å². The molecule has 0 aromatic heterocycles. The topological polar surface area (TPSA) is 92.7 Å². The van der Waals surface area contributed by atoms with Crippen molar-refractivity contribution in [3.63, 3.8) is 0 Å². The molecule has 2 aromatic rings. The maximum absolute atomic E-state index is 12.2. The molecule has 0 saturated heterocycles. The zero-order chi connectivity index (χ0) is 21.1. The van der Waals surface area contributed by atoms with Gasteiger partial charge >= 0.3 is 10.1 Å². The summed E-state index contributed by atoms with van der Waals surface area (Å²) >= 11 is 0. The lowest BCUT2D eigenvalue weighted by Crippen LogP contribution is -2.14. The standard InChI is InChI=1S/C22H29NO5S/c1-2-3-4-5-6-7-8-17-29(26,27)28-21-15-9-18(10-16-21)22(25)23-19-11-13-20(24)14-12-19/h9-16,24H,2-8,17H2,1H3,(H,23,25). The lowest BCUT2D eigenvalue weighted by Gasteiger charge is -2.09. The van der Waals surface area contributed by atoms with E-state index >= 15 is 0 Å². The van der Waals surface area contributed by atoms with Gasteiger partial charge in [0.25, 0.3) is 5.91 Å². The van der Waals surface area contributed by atoms with Crippen molar-refractivity contribution >= 4 is 21.7 Å². The second-order valence-corrected chi connectivity index (χ2v) is 8.68. The Morgan fingerprint density at radius 3 is 2.10 bits per heavy atom. The molecule has 2 rings (SSSR count). The average molecular weight is 420 g/mol. The van der Waals surface area contributed by atoms with E-state index in [4.69, 9.17) is 4.18 Å². The van der Waals surface area contributed by atoms with Crippen LogP contribution in [0.5, 0.6) is 11.5 Å². The zero-order valence-electron chi connectivity index (χ0n) is 16.8. The number of nitrogens with one attached hydrogen (secondary N) is 1. The van der Waals surface area contributed by atoms with Crippen LogP contribution in [0, 0.1) is 0 Å². The minimum absolute atomic E-state index is 0.0101. The molecular formula is C22H29NO5S. The van der Waals surface area contributed by atoms with Gasteiger partial charge in [-0.05, 0) is 55.0 Å². The molecule has 0 fully saturated rings. The molecule has 1 amide bonds. The molecule has 7 heteroatoms. The van der Waals surface area contributed by atoms with Crippen molar-refractivity contribution in [1.82, 2.24) is 0 Å². The maximum Gasteiger partial charge on any atom is 0.309 e. The summed E-state index contributed by atoms with van der Waals surface area (Å²) in [5.41, 5.74) is 0.917. The van der Waals surface area contributed by atoms with Gasteiger partial charge in [-0.2, -0.15) is 8.42 Å². The quantitative estimate of drug-likeness (QED) is 0.283. The summed E-state index contributed by atoms with van der Waals surface area (Å²) in [5, 5.41) is 12.0. The largest absolute Gasteiger partial charge is 0.508 e. The van der Waals surface area contributed by atoms with Crippen molar-refractivity contribution in [3.8, 4) is 11.5 Å². The predicted molar refractivity (Wildman–Crippen MR) is 115 cm³/mol. The molecule has 0 spiro atoms. The van der Waals surface area contributed by atoms with Crippen LogP contribution in [-0.2, 0) is 10.1 Å². The molecule has 0 bridgehead atoms. The maximum atomic E-state index is 12.2. The highest BCUT2D eigenvalue weighted by Gasteiger charge is 2.13. The van der Waals surface area contributed by atoms with Gasteiger partial charge in [-0.3, -0.25) is 4.79 Å². The van der Waals surface area contributed by atoms with Gasteiger partial charge in [-0.1, -0.05) is 45.4 Å². The van der Waals surface area contributed by atoms with Gasteiger partial charge in [-0.25, -0.2) is 0 Å². The summed E-state index contributed by atoms with van der Waals surface area (Å²) in [4.78, 5) is 12.2. The summed E-state index contributed by atoms with van der Waals surface area (Å²) < 4.78 is 29.3. The van der Waals surface area contributed by atoms with Gasteiger partial charge in [0.15, 0.2) is 0 Å². The van der Waals surface area contributed by atoms with Crippen molar-refractivity contribution in [3.05, 3.63) is 54.1 Å². The van der Waals surface area contributed by atoms with Gasteiger partial charge < -0.3 is 14.6 Å². The third-order valence-corrected chi connectivity index (χ3v) is 5.70. The minimum atomic E-state index is -3.64. The average Bonchev–Trinajstić information content (AvgIpc) is 2.69. The fraction of sp³-hybridized carbons (Fsp3) is 0.409. The monoisotopic (exact) mass is 419 g/mol. The van der Waals surface area contributed by atoms with E-state index < -0.39 is 10.1 Å². The number of aromatic hydroxyl groups is 1. The van der Waals surface area contributed by atoms with Crippen LogP contribution in [0.15, 0.2) is 48.5 Å². The van der Waals surface area contributed by atoms with E-state index in [0.29, 0.717) is 17.7 Å². The second kappa shape index (κ2) is 11.5. The number of phenols is 1. The molecule has 0 atom stereocenters. The van der Waals surface area contributed by atoms with E-state index in [1.165, 1.54) is 55.7 Å². The first-order valence-corrected chi connectivity index (χ1v) is 11.6. The highest BCUT2D eigenvalue weighted by Crippen LogP contribution is 2.18. The smallest absolute Gasteiger partial charge is 0.309 e. The molecule has 0 unspecified atom stereocenters. The number of hydrogen-bond acceptors (Lipinski definition) is 5. The minimum Gasteiger partial charge on any atom is -0.508 e. The highest BCUT2D eigenvalue weighted by atomic mass is 32.2. The van der Waals surface area contributed by atoms with Gasteiger partial charge in [0.2, 0.25) is 0 Å². The molecule has 0 aliphatic rings. The molecular weight excluding hydrogens is 390 g/mol. The molecule has 0 aliphatic heterocycles. The molecule has 0 aliphatic carbocycles. The molecule has 158 valence electrons. The van der Waals surface area contributed by atoms with Crippen LogP contribution in [0.25, 0.3) is 0 Å². The van der Waals surface area contributed by atoms with Crippen LogP contribution in [0.2, 0.25) is 0 Å². The Bertz CT molecular complexity index is 861. The summed E-state index contributed by atoms with van der Waals surface area (Å²) in [6.45, 7) is 2.17. The molecule has 29 heavy (non-hydrogen) atoms. The Kier molecular flexibility index (Phi) is 8.99. The predicted octanol–water partition coefficient (Wildman–Crippen LogP) is 5.10. The van der Waals surface area contributed by atoms with Gasteiger partial charge in [0.1, 0.15) is 11.5 Å². The molecule has 0 heterocycles. The molecule has 2 N–H and O–H groups in total. The number of amides is 1. The Hall–Kier alpha value is -2.54. The van der Waals surface area contributed by atoms with E-state index in [0.717, 1.165) is 19.3 Å². The Labute approximate surface area is 173 Å². The fourth-order valence-corrected chi connectivity index (χ4v) is 3.88. The number of hydrogen-bond donors (Lipinski definition) is 2. The van der Waals surface area contributed by atoms with Gasteiger partial charge in [0.05, 0.1) is 5.75 Å². The highest BCUT2D eigenvalue weighted by molar-refractivity contribution is 7.87. The fourth-order valence-electron chi connectivity index (χ4n) is 2.83. The van der Waals surface area contributed by atoms with E-state index in [-0.39, 0.29) is 23.2 Å². The van der Waals surface area contributed by atoms with Crippen LogP contribution in [-0.4, -0.2) is 25.2 Å². The number of unbranched alkanes of at least 4 members (excludes halogenated alkanes) is 6. The van der Waals surface area contributed by atoms with Crippen molar-refractivity contribution < 1.29 is 22.5 Å². The Balaban J connectivity index is 1.79. The van der Waals surface area contributed by atoms with Crippen molar-refractivity contribution in [1.29, 1.82) is 0 Å². The first-order valence-electron chi connectivity index (χ1n) is 10.0. The van der Waals surface area contributed by atoms with E-state index in [2.05, 4.69) is 12.2 Å². The summed E-state index contributed by atoms with van der Waals surface area (Å²) in [7, 11) is -3.64. The van der Waals surface area contributed by atoms with E-state index in [9.17, 15) is 18.3 Å². The lowest BCUT2D eigenvalue weighted by atomic mass is 10.1. The number of carbonyl (C=O) groups is 1. The lowest BCUT2D eigenvalue weighted by molar-refractivity contribution is 0.102. The molecule has 2 aromatic carbocycles. The van der Waals surface area contributed by atoms with E-state index in [1.807, 2.05) is 0 Å². The summed E-state index contributed by atoms with van der Waals surface area (Å²) in [6.07, 6.45) is 7.27.